The van der Waals surface area contributed by atoms with Crippen LogP contribution in [0.5, 0.6) is 0 Å². The van der Waals surface area contributed by atoms with Crippen LogP contribution >= 0.6 is 11.8 Å². The summed E-state index contributed by atoms with van der Waals surface area (Å²) in [7, 11) is 0. The van der Waals surface area contributed by atoms with Gasteiger partial charge in [0.2, 0.25) is 5.82 Å². The smallest absolute Gasteiger partial charge is 0.223 e. The van der Waals surface area contributed by atoms with E-state index in [0.29, 0.717) is 5.82 Å². The van der Waals surface area contributed by atoms with Gasteiger partial charge in [-0.1, -0.05) is 12.1 Å². The summed E-state index contributed by atoms with van der Waals surface area (Å²) in [5.41, 5.74) is 1.61. The fraction of sp³-hybridized carbons (Fsp3) is 0.0769. The van der Waals surface area contributed by atoms with Crippen LogP contribution in [0.1, 0.15) is 0 Å². The number of hydrogen-bond acceptors (Lipinski definition) is 5. The van der Waals surface area contributed by atoms with E-state index in [-0.39, 0.29) is 0 Å². The summed E-state index contributed by atoms with van der Waals surface area (Å²) in [6, 6.07) is 13.6. The lowest BCUT2D eigenvalue weighted by Gasteiger charge is -2.00. The number of pyridine rings is 1. The molecule has 5 nitrogen and oxygen atoms in total. The maximum atomic E-state index is 4.35. The molecule has 0 N–H and O–H groups in total. The minimum Gasteiger partial charge on any atom is -0.253 e. The van der Waals surface area contributed by atoms with Gasteiger partial charge in [-0.3, -0.25) is 4.98 Å². The Morgan fingerprint density at radius 1 is 1.11 bits per heavy atom. The zero-order chi connectivity index (χ0) is 13.1. The third-order valence-corrected chi connectivity index (χ3v) is 3.32. The molecule has 0 aliphatic heterocycles. The van der Waals surface area contributed by atoms with Crippen molar-refractivity contribution >= 4 is 11.8 Å². The predicted octanol–water partition coefficient (Wildman–Crippen LogP) is 2.45. The summed E-state index contributed by atoms with van der Waals surface area (Å²) in [5, 5.41) is 12.4. The molecular weight excluding hydrogens is 258 g/mol. The highest BCUT2D eigenvalue weighted by molar-refractivity contribution is 7.98. The van der Waals surface area contributed by atoms with Gasteiger partial charge < -0.3 is 0 Å². The summed E-state index contributed by atoms with van der Waals surface area (Å²) >= 11 is 1.68. The number of nitrogens with zero attached hydrogens (tertiary/aromatic N) is 5. The van der Waals surface area contributed by atoms with Crippen molar-refractivity contribution in [2.24, 2.45) is 0 Å². The second kappa shape index (κ2) is 5.19. The average Bonchev–Trinajstić information content (AvgIpc) is 2.98. The molecular formula is C13H11N5S. The Balaban J connectivity index is 1.97. The topological polar surface area (TPSA) is 56.5 Å². The first-order chi connectivity index (χ1) is 9.36. The Bertz CT molecular complexity index is 680. The second-order valence-electron chi connectivity index (χ2n) is 3.82. The minimum absolute atomic E-state index is 0.523. The second-order valence-corrected chi connectivity index (χ2v) is 4.70. The molecule has 2 aromatic heterocycles. The van der Waals surface area contributed by atoms with Crippen molar-refractivity contribution in [3.05, 3.63) is 48.7 Å². The molecule has 0 radical (unpaired) electrons. The largest absolute Gasteiger partial charge is 0.253 e. The number of aromatic nitrogens is 5. The lowest BCUT2D eigenvalue weighted by molar-refractivity contribution is 0.718. The van der Waals surface area contributed by atoms with Crippen LogP contribution in [0.15, 0.2) is 53.6 Å². The van der Waals surface area contributed by atoms with E-state index in [2.05, 4.69) is 20.4 Å². The minimum atomic E-state index is 0.523. The molecule has 3 rings (SSSR count). The third kappa shape index (κ3) is 2.48. The Morgan fingerprint density at radius 3 is 2.84 bits per heavy atom. The Kier molecular flexibility index (Phi) is 3.24. The lowest BCUT2D eigenvalue weighted by Crippen LogP contribution is -1.99. The zero-order valence-electron chi connectivity index (χ0n) is 10.3. The first kappa shape index (κ1) is 11.9. The molecule has 0 atom stereocenters. The van der Waals surface area contributed by atoms with Crippen molar-refractivity contribution < 1.29 is 0 Å². The first-order valence-electron chi connectivity index (χ1n) is 5.73. The molecule has 0 bridgehead atoms. The number of rotatable bonds is 3. The summed E-state index contributed by atoms with van der Waals surface area (Å²) in [4.78, 5) is 6.89. The van der Waals surface area contributed by atoms with Crippen LogP contribution in [-0.2, 0) is 0 Å². The van der Waals surface area contributed by atoms with Gasteiger partial charge >= 0.3 is 0 Å². The van der Waals surface area contributed by atoms with E-state index in [4.69, 9.17) is 0 Å². The van der Waals surface area contributed by atoms with Gasteiger partial charge in [-0.05, 0) is 41.8 Å². The normalized spacial score (nSPS) is 10.6. The van der Waals surface area contributed by atoms with Crippen LogP contribution in [0, 0.1) is 0 Å². The van der Waals surface area contributed by atoms with Crippen LogP contribution in [0.4, 0.5) is 0 Å². The van der Waals surface area contributed by atoms with Gasteiger partial charge in [0.1, 0.15) is 5.69 Å². The van der Waals surface area contributed by atoms with E-state index in [1.807, 2.05) is 48.7 Å². The van der Waals surface area contributed by atoms with E-state index >= 15 is 0 Å². The Hall–Kier alpha value is -2.21. The van der Waals surface area contributed by atoms with Gasteiger partial charge in [0, 0.05) is 11.1 Å². The Labute approximate surface area is 114 Å². The highest BCUT2D eigenvalue weighted by atomic mass is 32.2. The van der Waals surface area contributed by atoms with E-state index < -0.39 is 0 Å². The number of thioether (sulfide) groups is 1. The molecule has 0 fully saturated rings. The van der Waals surface area contributed by atoms with Crippen molar-refractivity contribution in [2.75, 3.05) is 6.26 Å². The fourth-order valence-corrected chi connectivity index (χ4v) is 2.11. The Morgan fingerprint density at radius 2 is 2.05 bits per heavy atom. The summed E-state index contributed by atoms with van der Waals surface area (Å²) in [6.45, 7) is 0. The van der Waals surface area contributed by atoms with E-state index in [1.54, 1.807) is 18.0 Å². The summed E-state index contributed by atoms with van der Waals surface area (Å²) in [6.07, 6.45) is 3.75. The van der Waals surface area contributed by atoms with Crippen LogP contribution in [0.2, 0.25) is 0 Å². The zero-order valence-corrected chi connectivity index (χ0v) is 11.1. The molecule has 94 valence electrons. The molecule has 0 aliphatic carbocycles. The maximum absolute atomic E-state index is 4.35. The summed E-state index contributed by atoms with van der Waals surface area (Å²) in [5.74, 6) is 0.523. The van der Waals surface area contributed by atoms with E-state index in [0.717, 1.165) is 16.3 Å². The first-order valence-corrected chi connectivity index (χ1v) is 6.95. The van der Waals surface area contributed by atoms with Crippen LogP contribution in [0.25, 0.3) is 17.2 Å². The van der Waals surface area contributed by atoms with Gasteiger partial charge in [0.05, 0.1) is 5.69 Å². The van der Waals surface area contributed by atoms with Crippen molar-refractivity contribution in [1.29, 1.82) is 0 Å². The lowest BCUT2D eigenvalue weighted by atomic mass is 10.3. The maximum Gasteiger partial charge on any atom is 0.223 e. The predicted molar refractivity (Wildman–Crippen MR) is 74.2 cm³/mol. The summed E-state index contributed by atoms with van der Waals surface area (Å²) < 4.78 is 0. The van der Waals surface area contributed by atoms with Gasteiger partial charge in [-0.15, -0.1) is 26.8 Å². The van der Waals surface area contributed by atoms with Crippen LogP contribution in [0.3, 0.4) is 0 Å². The molecule has 3 aromatic rings. The van der Waals surface area contributed by atoms with E-state index in [9.17, 15) is 0 Å². The van der Waals surface area contributed by atoms with Gasteiger partial charge in [-0.2, -0.15) is 0 Å². The number of benzene rings is 1. The van der Waals surface area contributed by atoms with Crippen molar-refractivity contribution in [3.63, 3.8) is 0 Å². The molecule has 0 saturated carbocycles. The third-order valence-electron chi connectivity index (χ3n) is 2.59. The van der Waals surface area contributed by atoms with Crippen molar-refractivity contribution in [1.82, 2.24) is 25.2 Å². The molecule has 0 spiro atoms. The number of tetrazole rings is 1. The van der Waals surface area contributed by atoms with Gasteiger partial charge in [0.15, 0.2) is 0 Å². The van der Waals surface area contributed by atoms with E-state index in [1.165, 1.54) is 4.80 Å². The molecule has 0 saturated heterocycles. The molecule has 0 unspecified atom stereocenters. The van der Waals surface area contributed by atoms with Gasteiger partial charge in [-0.25, -0.2) is 0 Å². The fourth-order valence-electron chi connectivity index (χ4n) is 1.66. The van der Waals surface area contributed by atoms with Crippen molar-refractivity contribution in [3.8, 4) is 17.2 Å². The molecule has 0 amide bonds. The standard InChI is InChI=1S/C13H11N5S/c1-19-11-6-4-5-10(9-11)18-16-13(15-17-18)12-7-2-3-8-14-12/h2-9H,1H3. The van der Waals surface area contributed by atoms with Crippen LogP contribution < -0.4 is 0 Å². The van der Waals surface area contributed by atoms with Crippen molar-refractivity contribution in [2.45, 2.75) is 4.90 Å². The quantitative estimate of drug-likeness (QED) is 0.684. The highest BCUT2D eigenvalue weighted by Crippen LogP contribution is 2.18. The molecule has 1 aromatic carbocycles. The highest BCUT2D eigenvalue weighted by Gasteiger charge is 2.08. The SMILES string of the molecule is CSc1cccc(-n2nnc(-c3ccccn3)n2)c1. The molecule has 2 heterocycles. The molecule has 0 aliphatic rings. The average molecular weight is 269 g/mol. The molecule has 19 heavy (non-hydrogen) atoms. The molecule has 6 heteroatoms. The van der Waals surface area contributed by atoms with Gasteiger partial charge in [0.25, 0.3) is 0 Å². The number of hydrogen-bond donors (Lipinski definition) is 0. The monoisotopic (exact) mass is 269 g/mol. The van der Waals surface area contributed by atoms with Crippen LogP contribution in [-0.4, -0.2) is 31.4 Å².